The zero-order chi connectivity index (χ0) is 83.9. The molecule has 0 saturated heterocycles. The summed E-state index contributed by atoms with van der Waals surface area (Å²) in [6.07, 6.45) is 4.18. The second-order valence-electron chi connectivity index (χ2n) is 24.0. The van der Waals surface area contributed by atoms with E-state index in [0.29, 0.717) is 63.5 Å². The molecule has 0 atom stereocenters. The fourth-order valence-corrected chi connectivity index (χ4v) is 15.4. The van der Waals surface area contributed by atoms with E-state index in [4.69, 9.17) is 52.1 Å². The van der Waals surface area contributed by atoms with E-state index in [-0.39, 0.29) is 122 Å². The molecule has 0 unspecified atom stereocenters. The molecule has 9 rings (SSSR count). The van der Waals surface area contributed by atoms with Gasteiger partial charge in [-0.25, -0.2) is 19.2 Å². The van der Waals surface area contributed by atoms with Gasteiger partial charge in [-0.1, -0.05) is 91.0 Å². The predicted molar refractivity (Wildman–Crippen MR) is 427 cm³/mol. The highest BCUT2D eigenvalue weighted by Gasteiger charge is 2.47. The molecule has 117 heavy (non-hydrogen) atoms. The number of anilines is 2. The summed E-state index contributed by atoms with van der Waals surface area (Å²) in [6, 6.07) is 62.0. The first-order valence-corrected chi connectivity index (χ1v) is 37.1. The number of para-hydroxylation sites is 4. The van der Waals surface area contributed by atoms with Crippen molar-refractivity contribution >= 4 is 112 Å². The number of halogens is 1. The van der Waals surface area contributed by atoms with Crippen molar-refractivity contribution in [3.63, 3.8) is 0 Å². The number of carbonyl (C=O) groups excluding carboxylic acids is 9. The maximum absolute atomic E-state index is 12.2. The van der Waals surface area contributed by atoms with E-state index in [2.05, 4.69) is 50.6 Å². The van der Waals surface area contributed by atoms with Crippen LogP contribution < -0.4 is 71.1 Å². The first-order valence-electron chi connectivity index (χ1n) is 35.1. The molecule has 33 heteroatoms. The van der Waals surface area contributed by atoms with Crippen molar-refractivity contribution in [3.8, 4) is 34.5 Å². The van der Waals surface area contributed by atoms with E-state index >= 15 is 0 Å². The molecular weight excluding hydrogens is 1610 g/mol. The maximum Gasteiger partial charge on any atom is 0.343 e. The van der Waals surface area contributed by atoms with Crippen molar-refractivity contribution in [2.24, 2.45) is 0 Å². The molecule has 0 saturated carbocycles. The van der Waals surface area contributed by atoms with Gasteiger partial charge in [0, 0.05) is 17.7 Å². The monoisotopic (exact) mass is 1690 g/mol. The number of benzene rings is 9. The molecule has 0 amide bonds. The minimum absolute atomic E-state index is 0. The smallest absolute Gasteiger partial charge is 0.343 e. The van der Waals surface area contributed by atoms with Crippen LogP contribution in [-0.2, 0) is 72.8 Å². The van der Waals surface area contributed by atoms with Crippen molar-refractivity contribution in [3.05, 3.63) is 266 Å². The molecule has 0 radical (unpaired) electrons. The molecular formula is C84H84BrN4O27P. The zero-order valence-electron chi connectivity index (χ0n) is 64.9. The van der Waals surface area contributed by atoms with Gasteiger partial charge in [0.05, 0.1) is 100 Å². The molecule has 0 fully saturated rings. The Bertz CT molecular complexity index is 4770. The molecule has 0 aromatic heterocycles. The molecule has 0 aliphatic carbocycles. The highest BCUT2D eigenvalue weighted by atomic mass is 79.9. The lowest BCUT2D eigenvalue weighted by Crippen LogP contribution is -3.00. The van der Waals surface area contributed by atoms with Gasteiger partial charge in [-0.15, -0.1) is 0 Å². The van der Waals surface area contributed by atoms with E-state index in [1.807, 2.05) is 54.6 Å². The number of carbonyl (C=O) groups is 9. The summed E-state index contributed by atoms with van der Waals surface area (Å²) < 4.78 is 71.9. The molecule has 0 heterocycles. The second-order valence-corrected chi connectivity index (χ2v) is 27.5. The Kier molecular flexibility index (Phi) is 37.6. The Morgan fingerprint density at radius 2 is 0.692 bits per heavy atom. The van der Waals surface area contributed by atoms with Gasteiger partial charge in [-0.3, -0.25) is 44.2 Å². The van der Waals surface area contributed by atoms with Crippen molar-refractivity contribution < 1.29 is 136 Å². The lowest BCUT2D eigenvalue weighted by atomic mass is 10.1. The number of aldehydes is 1. The van der Waals surface area contributed by atoms with Crippen LogP contribution in [0.15, 0.2) is 212 Å². The third-order valence-electron chi connectivity index (χ3n) is 16.8. The topological polar surface area (TPSA) is 376 Å². The second kappa shape index (κ2) is 47.7. The SMILES string of the molecule is COC(=O)COc1ccccc1OCCOc1cc(/C=C/c2ccc(C(=O)OC)cc2[N+](=O)[O-])ccc1N(CC(=O)OC)CC(=O)OC.COC(=O)COc1ccccc1OCCOc1cc(C=O)ccc1N(CC(=O)OC)CC(=O)OC.COC(=O)c1ccc(C[P+](c2ccccc2)(c2ccccc2)c2ccccc2)c([N+](=O)[O-])c1.[Br-]. The standard InChI is InChI=1S/C33H34N2O13.C27H23NO4P.C24H27NO10.BrH/c1-42-30(36)19-34(20-31(37)43-2)25-14-10-22(9-11-23-12-13-24(33(39)45-4)18-26(23)35(40)41)17-29(25)47-16-15-46-27-7-5-6-8-28(27)48-21-32(38)44-3;1-32-27(29)21-17-18-22(26(19-21)28(30)31)20-33(23-11-5-2-6-12-23,24-13-7-3-8-14-24)25-15-9-4-10-16-25;1-30-22(27)13-25(14-23(28)31-2)18-9-8-17(15-26)12-21(18)34-11-10-33-19-6-4-5-7-20(19)35-16-24(29)32-3;/h5-14,17-18H,15-16,19-21H2,1-4H3;2-19H,20H2,1H3;4-9,12,15H,10-11,13-14,16H2,1-3H3;1H/q;+1;;/p-1/b11-9+;;;. The summed E-state index contributed by atoms with van der Waals surface area (Å²) in [5.41, 5.74) is 2.21. The highest BCUT2D eigenvalue weighted by molar-refractivity contribution is 7.95. The van der Waals surface area contributed by atoms with E-state index in [0.717, 1.165) is 22.0 Å². The van der Waals surface area contributed by atoms with Crippen LogP contribution in [0.2, 0.25) is 0 Å². The molecule has 614 valence electrons. The van der Waals surface area contributed by atoms with Gasteiger partial charge in [-0.2, -0.15) is 0 Å². The quantitative estimate of drug-likeness (QED) is 0.00537. The van der Waals surface area contributed by atoms with Crippen molar-refractivity contribution in [1.29, 1.82) is 0 Å². The number of nitrogens with zero attached hydrogens (tertiary/aromatic N) is 4. The van der Waals surface area contributed by atoms with Gasteiger partial charge in [-0.05, 0) is 127 Å². The Morgan fingerprint density at radius 3 is 1.05 bits per heavy atom. The van der Waals surface area contributed by atoms with E-state index in [1.165, 1.54) is 103 Å². The number of nitro groups is 2. The molecule has 9 aromatic carbocycles. The number of rotatable bonds is 38. The summed E-state index contributed by atoms with van der Waals surface area (Å²) in [7, 11) is 7.53. The number of hydrogen-bond donors (Lipinski definition) is 0. The van der Waals surface area contributed by atoms with E-state index in [9.17, 15) is 63.4 Å². The van der Waals surface area contributed by atoms with Gasteiger partial charge in [0.25, 0.3) is 11.4 Å². The third-order valence-corrected chi connectivity index (χ3v) is 21.2. The first kappa shape index (κ1) is 92.1. The minimum Gasteiger partial charge on any atom is -1.00 e. The Balaban J connectivity index is 0.000000278. The van der Waals surface area contributed by atoms with Gasteiger partial charge >= 0.3 is 47.8 Å². The van der Waals surface area contributed by atoms with E-state index in [1.54, 1.807) is 91.0 Å². The Morgan fingerprint density at radius 1 is 0.359 bits per heavy atom. The fourth-order valence-electron chi connectivity index (χ4n) is 11.1. The third kappa shape index (κ3) is 27.2. The number of methoxy groups -OCH3 is 8. The van der Waals surface area contributed by atoms with Crippen molar-refractivity contribution in [1.82, 2.24) is 0 Å². The molecule has 0 spiro atoms. The normalized spacial score (nSPS) is 10.4. The summed E-state index contributed by atoms with van der Waals surface area (Å²) in [4.78, 5) is 132. The van der Waals surface area contributed by atoms with E-state index < -0.39 is 64.9 Å². The van der Waals surface area contributed by atoms with Crippen LogP contribution in [0.3, 0.4) is 0 Å². The highest BCUT2D eigenvalue weighted by Crippen LogP contribution is 2.59. The minimum atomic E-state index is -2.31. The van der Waals surface area contributed by atoms with Crippen LogP contribution in [0, 0.1) is 20.2 Å². The van der Waals surface area contributed by atoms with Gasteiger partial charge in [0.2, 0.25) is 0 Å². The zero-order valence-corrected chi connectivity index (χ0v) is 67.3. The molecule has 9 aromatic rings. The summed E-state index contributed by atoms with van der Waals surface area (Å²) in [6.45, 7) is -1.57. The summed E-state index contributed by atoms with van der Waals surface area (Å²) in [5, 5.41) is 27.2. The summed E-state index contributed by atoms with van der Waals surface area (Å²) in [5.74, 6) is -2.92. The Hall–Kier alpha value is -13.7. The van der Waals surface area contributed by atoms with Crippen LogP contribution in [0.4, 0.5) is 22.7 Å². The molecule has 0 N–H and O–H groups in total. The van der Waals surface area contributed by atoms with Crippen molar-refractivity contribution in [2.45, 2.75) is 6.16 Å². The summed E-state index contributed by atoms with van der Waals surface area (Å²) >= 11 is 0. The molecule has 0 bridgehead atoms. The van der Waals surface area contributed by atoms with Crippen LogP contribution >= 0.6 is 7.26 Å². The molecule has 0 aliphatic rings. The molecule has 31 nitrogen and oxygen atoms in total. The first-order chi connectivity index (χ1) is 56.1. The average molecular weight is 1690 g/mol. The van der Waals surface area contributed by atoms with Crippen LogP contribution in [0.25, 0.3) is 12.2 Å². The van der Waals surface area contributed by atoms with Gasteiger partial charge in [0.15, 0.2) is 36.2 Å². The fraction of sp³-hybridized carbons (Fsp3) is 0.226. The molecule has 0 aliphatic heterocycles. The number of hydrogen-bond acceptors (Lipinski definition) is 29. The lowest BCUT2D eigenvalue weighted by Gasteiger charge is -2.27. The lowest BCUT2D eigenvalue weighted by molar-refractivity contribution is -0.385. The number of ether oxygens (including phenoxy) is 14. The predicted octanol–water partition coefficient (Wildman–Crippen LogP) is 7.25. The van der Waals surface area contributed by atoms with Crippen LogP contribution in [-0.4, -0.2) is 187 Å². The number of esters is 8. The average Bonchev–Trinajstić information content (AvgIpc) is 0.746. The number of nitro benzene ring substituents is 2. The maximum atomic E-state index is 12.2. The van der Waals surface area contributed by atoms with Crippen molar-refractivity contribution in [2.75, 3.05) is 132 Å². The van der Waals surface area contributed by atoms with Crippen LogP contribution in [0.1, 0.15) is 47.8 Å². The van der Waals surface area contributed by atoms with Gasteiger partial charge in [0.1, 0.15) is 99.7 Å². The van der Waals surface area contributed by atoms with Crippen LogP contribution in [0.5, 0.6) is 34.5 Å². The Labute approximate surface area is 684 Å². The largest absolute Gasteiger partial charge is 1.00 e. The van der Waals surface area contributed by atoms with Gasteiger partial charge < -0.3 is 93.1 Å².